The molecular formula is C12H18N2O2S. The second-order valence-electron chi connectivity index (χ2n) is 3.85. The monoisotopic (exact) mass is 254 g/mol. The lowest BCUT2D eigenvalue weighted by Gasteiger charge is -2.13. The SMILES string of the molecule is CSC(C)CC(=O)NCC(O)c1ccncc1. The van der Waals surface area contributed by atoms with Gasteiger partial charge in [0.1, 0.15) is 0 Å². The Kier molecular flexibility index (Phi) is 6.00. The number of aliphatic hydroxyl groups excluding tert-OH is 1. The molecular weight excluding hydrogens is 236 g/mol. The number of nitrogens with zero attached hydrogens (tertiary/aromatic N) is 1. The zero-order valence-electron chi connectivity index (χ0n) is 10.1. The molecule has 4 nitrogen and oxygen atoms in total. The third-order valence-corrected chi connectivity index (χ3v) is 3.43. The highest BCUT2D eigenvalue weighted by Crippen LogP contribution is 2.11. The molecule has 0 fully saturated rings. The number of aliphatic hydroxyl groups is 1. The number of aromatic nitrogens is 1. The van der Waals surface area contributed by atoms with Crippen LogP contribution in [0.2, 0.25) is 0 Å². The van der Waals surface area contributed by atoms with Gasteiger partial charge in [-0.2, -0.15) is 11.8 Å². The summed E-state index contributed by atoms with van der Waals surface area (Å²) in [7, 11) is 0. The van der Waals surface area contributed by atoms with Crippen molar-refractivity contribution >= 4 is 17.7 Å². The van der Waals surface area contributed by atoms with E-state index >= 15 is 0 Å². The smallest absolute Gasteiger partial charge is 0.221 e. The molecule has 1 heterocycles. The fourth-order valence-electron chi connectivity index (χ4n) is 1.33. The first kappa shape index (κ1) is 14.0. The number of pyridine rings is 1. The lowest BCUT2D eigenvalue weighted by Crippen LogP contribution is -2.29. The Morgan fingerprint density at radius 3 is 2.76 bits per heavy atom. The second kappa shape index (κ2) is 7.29. The van der Waals surface area contributed by atoms with E-state index in [0.717, 1.165) is 5.56 Å². The van der Waals surface area contributed by atoms with Gasteiger partial charge >= 0.3 is 0 Å². The normalized spacial score (nSPS) is 14.1. The van der Waals surface area contributed by atoms with Crippen LogP contribution in [-0.2, 0) is 4.79 Å². The number of hydrogen-bond donors (Lipinski definition) is 2. The fraction of sp³-hybridized carbons (Fsp3) is 0.500. The van der Waals surface area contributed by atoms with E-state index in [9.17, 15) is 9.90 Å². The minimum Gasteiger partial charge on any atom is -0.387 e. The molecule has 0 aliphatic rings. The van der Waals surface area contributed by atoms with E-state index in [4.69, 9.17) is 0 Å². The minimum absolute atomic E-state index is 0.0278. The van der Waals surface area contributed by atoms with Crippen molar-refractivity contribution in [2.24, 2.45) is 0 Å². The molecule has 0 aromatic carbocycles. The van der Waals surface area contributed by atoms with Gasteiger partial charge < -0.3 is 10.4 Å². The molecule has 94 valence electrons. The standard InChI is InChI=1S/C12H18N2O2S/c1-9(17-2)7-12(16)14-8-11(15)10-3-5-13-6-4-10/h3-6,9,11,15H,7-8H2,1-2H3,(H,14,16). The number of nitrogens with one attached hydrogen (secondary N) is 1. The summed E-state index contributed by atoms with van der Waals surface area (Å²) in [6.07, 6.45) is 5.02. The zero-order chi connectivity index (χ0) is 12.7. The minimum atomic E-state index is -0.675. The van der Waals surface area contributed by atoms with Gasteiger partial charge in [0.2, 0.25) is 5.91 Å². The second-order valence-corrected chi connectivity index (χ2v) is 5.13. The Bertz CT molecular complexity index is 346. The van der Waals surface area contributed by atoms with Crippen molar-refractivity contribution in [3.8, 4) is 0 Å². The lowest BCUT2D eigenvalue weighted by atomic mass is 10.1. The topological polar surface area (TPSA) is 62.2 Å². The Hall–Kier alpha value is -1.07. The van der Waals surface area contributed by atoms with Gasteiger partial charge in [0.25, 0.3) is 0 Å². The maximum atomic E-state index is 11.5. The molecule has 0 saturated heterocycles. The average Bonchev–Trinajstić information content (AvgIpc) is 2.36. The van der Waals surface area contributed by atoms with Crippen LogP contribution in [0.25, 0.3) is 0 Å². The molecule has 1 aromatic heterocycles. The van der Waals surface area contributed by atoms with Crippen LogP contribution in [0.1, 0.15) is 25.0 Å². The molecule has 0 bridgehead atoms. The highest BCUT2D eigenvalue weighted by atomic mass is 32.2. The van der Waals surface area contributed by atoms with Crippen molar-refractivity contribution in [2.75, 3.05) is 12.8 Å². The van der Waals surface area contributed by atoms with Crippen LogP contribution < -0.4 is 5.32 Å². The highest BCUT2D eigenvalue weighted by Gasteiger charge is 2.11. The van der Waals surface area contributed by atoms with E-state index in [1.165, 1.54) is 0 Å². The molecule has 1 aromatic rings. The molecule has 0 saturated carbocycles. The van der Waals surface area contributed by atoms with E-state index < -0.39 is 6.10 Å². The van der Waals surface area contributed by atoms with Gasteiger partial charge in [-0.25, -0.2) is 0 Å². The Morgan fingerprint density at radius 2 is 2.18 bits per heavy atom. The summed E-state index contributed by atoms with van der Waals surface area (Å²) in [4.78, 5) is 15.4. The number of amides is 1. The van der Waals surface area contributed by atoms with E-state index in [1.807, 2.05) is 13.2 Å². The van der Waals surface area contributed by atoms with Crippen LogP contribution >= 0.6 is 11.8 Å². The van der Waals surface area contributed by atoms with E-state index in [-0.39, 0.29) is 12.5 Å². The first-order valence-corrected chi connectivity index (χ1v) is 6.79. The number of rotatable bonds is 6. The molecule has 0 radical (unpaired) electrons. The van der Waals surface area contributed by atoms with Gasteiger partial charge in [0.15, 0.2) is 0 Å². The van der Waals surface area contributed by atoms with Gasteiger partial charge in [-0.15, -0.1) is 0 Å². The van der Waals surface area contributed by atoms with E-state index in [1.54, 1.807) is 36.3 Å². The summed E-state index contributed by atoms with van der Waals surface area (Å²) in [5.74, 6) is -0.0278. The van der Waals surface area contributed by atoms with Crippen LogP contribution in [-0.4, -0.2) is 34.0 Å². The summed E-state index contributed by atoms with van der Waals surface area (Å²) in [5.41, 5.74) is 0.762. The summed E-state index contributed by atoms with van der Waals surface area (Å²) in [6.45, 7) is 2.24. The van der Waals surface area contributed by atoms with Crippen molar-refractivity contribution < 1.29 is 9.90 Å². The molecule has 17 heavy (non-hydrogen) atoms. The van der Waals surface area contributed by atoms with Crippen molar-refractivity contribution in [3.63, 3.8) is 0 Å². The molecule has 2 unspecified atom stereocenters. The summed E-state index contributed by atoms with van der Waals surface area (Å²) in [6, 6.07) is 3.47. The van der Waals surface area contributed by atoms with Crippen molar-refractivity contribution in [1.29, 1.82) is 0 Å². The quantitative estimate of drug-likeness (QED) is 0.805. The maximum absolute atomic E-state index is 11.5. The highest BCUT2D eigenvalue weighted by molar-refractivity contribution is 7.99. The summed E-state index contributed by atoms with van der Waals surface area (Å²) in [5, 5.41) is 12.8. The molecule has 2 atom stereocenters. The number of thioether (sulfide) groups is 1. The van der Waals surface area contributed by atoms with Gasteiger partial charge in [-0.1, -0.05) is 6.92 Å². The molecule has 0 spiro atoms. The lowest BCUT2D eigenvalue weighted by molar-refractivity contribution is -0.121. The average molecular weight is 254 g/mol. The van der Waals surface area contributed by atoms with Crippen molar-refractivity contribution in [3.05, 3.63) is 30.1 Å². The summed E-state index contributed by atoms with van der Waals surface area (Å²) < 4.78 is 0. The third kappa shape index (κ3) is 5.19. The molecule has 5 heteroatoms. The molecule has 0 aliphatic heterocycles. The Labute approximate surface area is 106 Å². The van der Waals surface area contributed by atoms with Crippen LogP contribution in [0.5, 0.6) is 0 Å². The Morgan fingerprint density at radius 1 is 1.53 bits per heavy atom. The zero-order valence-corrected chi connectivity index (χ0v) is 10.9. The van der Waals surface area contributed by atoms with Crippen LogP contribution in [0.15, 0.2) is 24.5 Å². The van der Waals surface area contributed by atoms with Crippen molar-refractivity contribution in [1.82, 2.24) is 10.3 Å². The molecule has 1 amide bonds. The van der Waals surface area contributed by atoms with Gasteiger partial charge in [-0.05, 0) is 24.0 Å². The molecule has 1 rings (SSSR count). The third-order valence-electron chi connectivity index (χ3n) is 2.46. The fourth-order valence-corrected chi connectivity index (χ4v) is 1.65. The summed E-state index contributed by atoms with van der Waals surface area (Å²) >= 11 is 1.65. The van der Waals surface area contributed by atoms with Gasteiger partial charge in [0, 0.05) is 30.6 Å². The van der Waals surface area contributed by atoms with Crippen LogP contribution in [0.4, 0.5) is 0 Å². The first-order valence-electron chi connectivity index (χ1n) is 5.51. The predicted molar refractivity (Wildman–Crippen MR) is 69.8 cm³/mol. The van der Waals surface area contributed by atoms with Crippen molar-refractivity contribution in [2.45, 2.75) is 24.7 Å². The molecule has 2 N–H and O–H groups in total. The predicted octanol–water partition coefficient (Wildman–Crippen LogP) is 1.37. The van der Waals surface area contributed by atoms with Crippen LogP contribution in [0.3, 0.4) is 0 Å². The number of carbonyl (C=O) groups excluding carboxylic acids is 1. The Balaban J connectivity index is 2.33. The van der Waals surface area contributed by atoms with Crippen LogP contribution in [0, 0.1) is 0 Å². The van der Waals surface area contributed by atoms with E-state index in [2.05, 4.69) is 10.3 Å². The largest absolute Gasteiger partial charge is 0.387 e. The van der Waals surface area contributed by atoms with Gasteiger partial charge in [0.05, 0.1) is 6.10 Å². The number of hydrogen-bond acceptors (Lipinski definition) is 4. The first-order chi connectivity index (χ1) is 8.13. The maximum Gasteiger partial charge on any atom is 0.221 e. The number of carbonyl (C=O) groups is 1. The van der Waals surface area contributed by atoms with E-state index in [0.29, 0.717) is 11.7 Å². The van der Waals surface area contributed by atoms with Gasteiger partial charge in [-0.3, -0.25) is 9.78 Å². The molecule has 0 aliphatic carbocycles.